The first kappa shape index (κ1) is 36.1. The molecule has 9 nitrogen and oxygen atoms in total. The maximum Gasteiger partial charge on any atom is 0.256 e. The van der Waals surface area contributed by atoms with Crippen LogP contribution in [0.4, 0.5) is 10.2 Å². The average molecular weight is 666 g/mol. The van der Waals surface area contributed by atoms with Gasteiger partial charge >= 0.3 is 0 Å². The van der Waals surface area contributed by atoms with Crippen LogP contribution in [0.1, 0.15) is 82.2 Å². The Labute approximate surface area is 282 Å². The molecule has 1 spiro atoms. The Kier molecular flexibility index (Phi) is 13.0. The molecule has 0 bridgehead atoms. The van der Waals surface area contributed by atoms with Crippen molar-refractivity contribution in [2.75, 3.05) is 31.1 Å². The Bertz CT molecular complexity index is 1550. The van der Waals surface area contributed by atoms with Crippen molar-refractivity contribution in [3.05, 3.63) is 64.9 Å². The first-order valence-electron chi connectivity index (χ1n) is 16.7. The van der Waals surface area contributed by atoms with E-state index in [-0.39, 0.29) is 18.2 Å². The number of aromatic nitrogens is 1. The molecule has 2 aliphatic rings. The number of likely N-dealkylation sites (tertiary alicyclic amines) is 1. The maximum absolute atomic E-state index is 14.0. The molecule has 2 aromatic carbocycles. The number of amides is 2. The summed E-state index contributed by atoms with van der Waals surface area (Å²) in [5.74, 6) is 2.07. The van der Waals surface area contributed by atoms with Gasteiger partial charge in [0.25, 0.3) is 5.91 Å². The number of nitrogens with zero attached hydrogens (tertiary/aromatic N) is 4. The Balaban J connectivity index is 0.00000245. The zero-order chi connectivity index (χ0) is 34.0. The molecule has 0 saturated carbocycles. The van der Waals surface area contributed by atoms with Gasteiger partial charge in [-0.25, -0.2) is 0 Å². The van der Waals surface area contributed by atoms with Gasteiger partial charge in [0.2, 0.25) is 5.91 Å². The van der Waals surface area contributed by atoms with E-state index in [1.54, 1.807) is 4.90 Å². The molecular formula is C36H48FN5O4S. The molecule has 2 amide bonds. The SMILES string of the molecule is CC.CCCC1=NC2(CCN(C(=O)CCF)CC2)C(=O)N1Cc1ccc(-c2ccccc2SNc2noc(C)c2C)c(COCC)c1. The number of hydrogen-bond donors (Lipinski definition) is 1. The molecule has 0 unspecified atom stereocenters. The van der Waals surface area contributed by atoms with Gasteiger partial charge in [-0.15, -0.1) is 0 Å². The molecule has 5 rings (SSSR count). The highest BCUT2D eigenvalue weighted by atomic mass is 32.2. The molecule has 1 fully saturated rings. The quantitative estimate of drug-likeness (QED) is 0.185. The lowest BCUT2D eigenvalue weighted by Crippen LogP contribution is -2.51. The standard InChI is InChI=1S/C34H42FN5O4S.C2H6/c1-5-9-30-36-34(15-18-39(19-16-34)31(41)14-17-35)33(42)40(30)21-25-12-13-27(26(20-25)22-43-6-2)28-10-7-8-11-29(28)45-38-32-23(3)24(4)44-37-32;1-2/h7-8,10-13,20H,5-6,9,14-19,21-22H2,1-4H3,(H,37,38);1-2H3. The molecule has 11 heteroatoms. The van der Waals surface area contributed by atoms with E-state index < -0.39 is 12.2 Å². The fraction of sp³-hybridized carbons (Fsp3) is 0.500. The Morgan fingerprint density at radius 1 is 1.11 bits per heavy atom. The summed E-state index contributed by atoms with van der Waals surface area (Å²) in [6.07, 6.45) is 2.36. The van der Waals surface area contributed by atoms with Crippen LogP contribution in [0.2, 0.25) is 0 Å². The molecule has 1 aromatic heterocycles. The molecule has 254 valence electrons. The fourth-order valence-corrected chi connectivity index (χ4v) is 6.74. The third-order valence-electron chi connectivity index (χ3n) is 8.59. The monoisotopic (exact) mass is 665 g/mol. The van der Waals surface area contributed by atoms with Gasteiger partial charge in [-0.2, -0.15) is 0 Å². The van der Waals surface area contributed by atoms with Crippen LogP contribution >= 0.6 is 11.9 Å². The van der Waals surface area contributed by atoms with E-state index in [4.69, 9.17) is 14.3 Å². The Morgan fingerprint density at radius 2 is 1.85 bits per heavy atom. The first-order chi connectivity index (χ1) is 22.8. The third-order valence-corrected chi connectivity index (χ3v) is 9.46. The summed E-state index contributed by atoms with van der Waals surface area (Å²) in [6.45, 7) is 13.5. The highest BCUT2D eigenvalue weighted by Gasteiger charge is 2.49. The van der Waals surface area contributed by atoms with E-state index in [1.165, 1.54) is 11.9 Å². The number of ether oxygens (including phenoxy) is 1. The normalized spacial score (nSPS) is 15.5. The number of piperidine rings is 1. The highest BCUT2D eigenvalue weighted by molar-refractivity contribution is 8.00. The number of alkyl halides is 1. The summed E-state index contributed by atoms with van der Waals surface area (Å²) in [5, 5.41) is 4.13. The number of rotatable bonds is 13. The molecule has 0 aliphatic carbocycles. The van der Waals surface area contributed by atoms with E-state index in [0.717, 1.165) is 50.7 Å². The molecule has 2 aliphatic heterocycles. The summed E-state index contributed by atoms with van der Waals surface area (Å²) < 4.78 is 27.3. The number of aryl methyl sites for hydroxylation is 1. The van der Waals surface area contributed by atoms with Crippen LogP contribution in [-0.2, 0) is 27.5 Å². The minimum Gasteiger partial charge on any atom is -0.377 e. The maximum atomic E-state index is 14.0. The van der Waals surface area contributed by atoms with Crippen LogP contribution in [0.25, 0.3) is 11.1 Å². The van der Waals surface area contributed by atoms with Crippen molar-refractivity contribution in [1.29, 1.82) is 0 Å². The number of amidine groups is 1. The topological polar surface area (TPSA) is 100 Å². The lowest BCUT2D eigenvalue weighted by atomic mass is 9.87. The Morgan fingerprint density at radius 3 is 2.51 bits per heavy atom. The number of nitrogens with one attached hydrogen (secondary N) is 1. The molecule has 1 saturated heterocycles. The zero-order valence-corrected chi connectivity index (χ0v) is 29.3. The predicted molar refractivity (Wildman–Crippen MR) is 186 cm³/mol. The predicted octanol–water partition coefficient (Wildman–Crippen LogP) is 7.90. The van der Waals surface area contributed by atoms with Gasteiger partial charge < -0.3 is 18.9 Å². The lowest BCUT2D eigenvalue weighted by molar-refractivity contribution is -0.138. The smallest absolute Gasteiger partial charge is 0.256 e. The number of halogens is 1. The second-order valence-corrected chi connectivity index (χ2v) is 12.4. The van der Waals surface area contributed by atoms with Crippen LogP contribution in [-0.4, -0.2) is 64.5 Å². The van der Waals surface area contributed by atoms with E-state index in [1.807, 2.05) is 51.7 Å². The summed E-state index contributed by atoms with van der Waals surface area (Å²) in [6, 6.07) is 14.5. The highest BCUT2D eigenvalue weighted by Crippen LogP contribution is 2.38. The number of hydrogen-bond acceptors (Lipinski definition) is 8. The fourth-order valence-electron chi connectivity index (χ4n) is 5.91. The lowest BCUT2D eigenvalue weighted by Gasteiger charge is -2.36. The third kappa shape index (κ3) is 8.24. The second-order valence-electron chi connectivity index (χ2n) is 11.6. The summed E-state index contributed by atoms with van der Waals surface area (Å²) in [7, 11) is 0. The van der Waals surface area contributed by atoms with Gasteiger partial charge in [0, 0.05) is 36.6 Å². The van der Waals surface area contributed by atoms with Crippen molar-refractivity contribution < 1.29 is 23.2 Å². The van der Waals surface area contributed by atoms with Crippen molar-refractivity contribution in [2.45, 2.75) is 97.2 Å². The number of carbonyl (C=O) groups excluding carboxylic acids is 2. The minimum absolute atomic E-state index is 0.00909. The van der Waals surface area contributed by atoms with Crippen molar-refractivity contribution in [3.8, 4) is 11.1 Å². The van der Waals surface area contributed by atoms with Gasteiger partial charge in [0.15, 0.2) is 5.82 Å². The summed E-state index contributed by atoms with van der Waals surface area (Å²) in [4.78, 5) is 35.8. The number of carbonyl (C=O) groups is 2. The summed E-state index contributed by atoms with van der Waals surface area (Å²) in [5.41, 5.74) is 4.27. The van der Waals surface area contributed by atoms with Crippen LogP contribution in [0.15, 0.2) is 56.9 Å². The van der Waals surface area contributed by atoms with E-state index in [2.05, 4.69) is 47.1 Å². The molecule has 0 radical (unpaired) electrons. The van der Waals surface area contributed by atoms with E-state index >= 15 is 0 Å². The largest absolute Gasteiger partial charge is 0.377 e. The van der Waals surface area contributed by atoms with Crippen molar-refractivity contribution in [1.82, 2.24) is 15.0 Å². The van der Waals surface area contributed by atoms with Crippen LogP contribution in [0.3, 0.4) is 0 Å². The molecule has 0 atom stereocenters. The molecule has 1 N–H and O–H groups in total. The van der Waals surface area contributed by atoms with Gasteiger partial charge in [-0.1, -0.05) is 62.3 Å². The van der Waals surface area contributed by atoms with Crippen LogP contribution < -0.4 is 4.72 Å². The van der Waals surface area contributed by atoms with Gasteiger partial charge in [0.1, 0.15) is 17.1 Å². The van der Waals surface area contributed by atoms with Crippen molar-refractivity contribution in [2.24, 2.45) is 4.99 Å². The van der Waals surface area contributed by atoms with Crippen LogP contribution in [0.5, 0.6) is 0 Å². The first-order valence-corrected chi connectivity index (χ1v) is 17.5. The average Bonchev–Trinajstić information content (AvgIpc) is 3.54. The Hall–Kier alpha value is -3.70. The number of aliphatic imine (C=N–C) groups is 1. The van der Waals surface area contributed by atoms with Gasteiger partial charge in [-0.3, -0.25) is 23.9 Å². The van der Waals surface area contributed by atoms with Crippen LogP contribution in [0, 0.1) is 13.8 Å². The number of benzene rings is 2. The molecule has 3 aromatic rings. The van der Waals surface area contributed by atoms with Gasteiger partial charge in [0.05, 0.1) is 26.2 Å². The van der Waals surface area contributed by atoms with E-state index in [9.17, 15) is 14.0 Å². The minimum atomic E-state index is -0.852. The van der Waals surface area contributed by atoms with Gasteiger partial charge in [-0.05, 0) is 80.3 Å². The second kappa shape index (κ2) is 16.9. The van der Waals surface area contributed by atoms with Crippen molar-refractivity contribution in [3.63, 3.8) is 0 Å². The zero-order valence-electron chi connectivity index (χ0n) is 28.5. The van der Waals surface area contributed by atoms with E-state index in [0.29, 0.717) is 57.9 Å². The molecule has 47 heavy (non-hydrogen) atoms. The van der Waals surface area contributed by atoms with Crippen molar-refractivity contribution >= 4 is 35.4 Å². The number of anilines is 1. The molecular weight excluding hydrogens is 617 g/mol. The summed E-state index contributed by atoms with van der Waals surface area (Å²) >= 11 is 1.48. The molecule has 3 heterocycles.